The number of ether oxygens (including phenoxy) is 2. The van der Waals surface area contributed by atoms with E-state index in [0.29, 0.717) is 16.7 Å². The number of nitrogens with two attached hydrogens (primary N) is 1. The Balaban J connectivity index is 1.60. The number of nitrogen functional groups attached to an aromatic ring is 1. The minimum Gasteiger partial charge on any atom is -0.497 e. The monoisotopic (exact) mass is 342 g/mol. The molecule has 0 bridgehead atoms. The smallest absolute Gasteiger partial charge is 0.210 e. The molecule has 124 valence electrons. The van der Waals surface area contributed by atoms with E-state index >= 15 is 0 Å². The van der Waals surface area contributed by atoms with Crippen LogP contribution in [-0.4, -0.2) is 22.0 Å². The lowest BCUT2D eigenvalue weighted by Crippen LogP contribution is -2.15. The Hall–Kier alpha value is -2.67. The molecule has 0 saturated carbocycles. The predicted octanol–water partition coefficient (Wildman–Crippen LogP) is 2.87. The third-order valence-electron chi connectivity index (χ3n) is 3.36. The number of rotatable bonds is 7. The number of methoxy groups -OCH3 is 1. The SMILES string of the molecule is COc1cccc(OCc2nnc(SCc3ccccc3)n2N)c1. The van der Waals surface area contributed by atoms with E-state index in [1.54, 1.807) is 7.11 Å². The van der Waals surface area contributed by atoms with Crippen molar-refractivity contribution in [1.29, 1.82) is 0 Å². The van der Waals surface area contributed by atoms with Crippen molar-refractivity contribution < 1.29 is 9.47 Å². The molecule has 2 aromatic carbocycles. The van der Waals surface area contributed by atoms with Gasteiger partial charge in [-0.25, -0.2) is 4.68 Å². The van der Waals surface area contributed by atoms with Crippen molar-refractivity contribution >= 4 is 11.8 Å². The number of thioether (sulfide) groups is 1. The summed E-state index contributed by atoms with van der Waals surface area (Å²) in [6.07, 6.45) is 0. The summed E-state index contributed by atoms with van der Waals surface area (Å²) in [7, 11) is 1.62. The zero-order chi connectivity index (χ0) is 16.8. The Morgan fingerprint density at radius 2 is 1.83 bits per heavy atom. The van der Waals surface area contributed by atoms with E-state index < -0.39 is 0 Å². The highest BCUT2D eigenvalue weighted by atomic mass is 32.2. The molecule has 0 radical (unpaired) electrons. The zero-order valence-electron chi connectivity index (χ0n) is 13.3. The van der Waals surface area contributed by atoms with Crippen LogP contribution in [0.15, 0.2) is 59.8 Å². The first kappa shape index (κ1) is 16.2. The summed E-state index contributed by atoms with van der Waals surface area (Å²) in [5, 5.41) is 8.88. The molecule has 0 amide bonds. The quantitative estimate of drug-likeness (QED) is 0.526. The molecule has 0 aliphatic heterocycles. The van der Waals surface area contributed by atoms with Gasteiger partial charge < -0.3 is 15.3 Å². The van der Waals surface area contributed by atoms with Crippen LogP contribution in [0.5, 0.6) is 11.5 Å². The highest BCUT2D eigenvalue weighted by Crippen LogP contribution is 2.22. The lowest BCUT2D eigenvalue weighted by molar-refractivity contribution is 0.289. The summed E-state index contributed by atoms with van der Waals surface area (Å²) in [6, 6.07) is 17.5. The Morgan fingerprint density at radius 1 is 1.04 bits per heavy atom. The van der Waals surface area contributed by atoms with Gasteiger partial charge in [0.15, 0.2) is 5.82 Å². The molecule has 0 fully saturated rings. The Morgan fingerprint density at radius 3 is 2.62 bits per heavy atom. The molecule has 1 heterocycles. The van der Waals surface area contributed by atoms with Gasteiger partial charge in [-0.05, 0) is 17.7 Å². The molecule has 24 heavy (non-hydrogen) atoms. The molecule has 1 aromatic heterocycles. The van der Waals surface area contributed by atoms with Crippen LogP contribution in [0.3, 0.4) is 0 Å². The van der Waals surface area contributed by atoms with E-state index in [1.807, 2.05) is 42.5 Å². The fourth-order valence-electron chi connectivity index (χ4n) is 2.07. The third-order valence-corrected chi connectivity index (χ3v) is 4.37. The van der Waals surface area contributed by atoms with Gasteiger partial charge in [-0.15, -0.1) is 10.2 Å². The molecular weight excluding hydrogens is 324 g/mol. The first-order valence-electron chi connectivity index (χ1n) is 7.39. The molecule has 3 aromatic rings. The van der Waals surface area contributed by atoms with Gasteiger partial charge in [0.05, 0.1) is 7.11 Å². The third kappa shape index (κ3) is 3.99. The molecule has 0 aliphatic rings. The number of hydrogen-bond donors (Lipinski definition) is 1. The van der Waals surface area contributed by atoms with Crippen LogP contribution in [-0.2, 0) is 12.4 Å². The van der Waals surface area contributed by atoms with Crippen molar-refractivity contribution in [2.45, 2.75) is 17.5 Å². The van der Waals surface area contributed by atoms with E-state index in [0.717, 1.165) is 11.5 Å². The summed E-state index contributed by atoms with van der Waals surface area (Å²) < 4.78 is 12.3. The number of aromatic nitrogens is 3. The second-order valence-electron chi connectivity index (χ2n) is 5.01. The van der Waals surface area contributed by atoms with Crippen molar-refractivity contribution in [3.63, 3.8) is 0 Å². The Labute approximate surface area is 144 Å². The lowest BCUT2D eigenvalue weighted by atomic mass is 10.2. The first-order valence-corrected chi connectivity index (χ1v) is 8.38. The largest absolute Gasteiger partial charge is 0.497 e. The molecule has 3 rings (SSSR count). The van der Waals surface area contributed by atoms with Crippen molar-refractivity contribution in [2.24, 2.45) is 0 Å². The van der Waals surface area contributed by atoms with E-state index in [9.17, 15) is 0 Å². The van der Waals surface area contributed by atoms with Gasteiger partial charge in [-0.1, -0.05) is 48.2 Å². The molecule has 6 nitrogen and oxygen atoms in total. The van der Waals surface area contributed by atoms with Gasteiger partial charge in [0, 0.05) is 11.8 Å². The molecule has 7 heteroatoms. The maximum absolute atomic E-state index is 6.05. The van der Waals surface area contributed by atoms with E-state index in [2.05, 4.69) is 22.3 Å². The van der Waals surface area contributed by atoms with Crippen molar-refractivity contribution in [3.8, 4) is 11.5 Å². The molecule has 0 saturated heterocycles. The van der Waals surface area contributed by atoms with Crippen LogP contribution in [0.25, 0.3) is 0 Å². The summed E-state index contributed by atoms with van der Waals surface area (Å²) in [6.45, 7) is 0.239. The second kappa shape index (κ2) is 7.74. The lowest BCUT2D eigenvalue weighted by Gasteiger charge is -2.07. The average molecular weight is 342 g/mol. The fraction of sp³-hybridized carbons (Fsp3) is 0.176. The van der Waals surface area contributed by atoms with E-state index in [-0.39, 0.29) is 6.61 Å². The van der Waals surface area contributed by atoms with Gasteiger partial charge in [-0.3, -0.25) is 0 Å². The van der Waals surface area contributed by atoms with Crippen LogP contribution in [0.1, 0.15) is 11.4 Å². The van der Waals surface area contributed by atoms with Crippen LogP contribution in [0.2, 0.25) is 0 Å². The highest BCUT2D eigenvalue weighted by molar-refractivity contribution is 7.98. The van der Waals surface area contributed by atoms with Gasteiger partial charge in [0.25, 0.3) is 0 Å². The zero-order valence-corrected chi connectivity index (χ0v) is 14.1. The fourth-order valence-corrected chi connectivity index (χ4v) is 2.90. The van der Waals surface area contributed by atoms with Crippen LogP contribution in [0, 0.1) is 0 Å². The second-order valence-corrected chi connectivity index (χ2v) is 5.95. The number of nitrogens with zero attached hydrogens (tertiary/aromatic N) is 3. The standard InChI is InChI=1S/C17H18N4O2S/c1-22-14-8-5-9-15(10-14)23-11-16-19-20-17(21(16)18)24-12-13-6-3-2-4-7-13/h2-10H,11-12,18H2,1H3. The highest BCUT2D eigenvalue weighted by Gasteiger charge is 2.11. The number of hydrogen-bond acceptors (Lipinski definition) is 6. The van der Waals surface area contributed by atoms with Crippen molar-refractivity contribution in [1.82, 2.24) is 14.9 Å². The minimum absolute atomic E-state index is 0.239. The van der Waals surface area contributed by atoms with Crippen LogP contribution >= 0.6 is 11.8 Å². The molecule has 0 aliphatic carbocycles. The normalized spacial score (nSPS) is 10.5. The average Bonchev–Trinajstić information content (AvgIpc) is 2.99. The summed E-state index contributed by atoms with van der Waals surface area (Å²) in [5.41, 5.74) is 1.21. The first-order chi connectivity index (χ1) is 11.8. The van der Waals surface area contributed by atoms with Gasteiger partial charge in [-0.2, -0.15) is 0 Å². The van der Waals surface area contributed by atoms with Crippen molar-refractivity contribution in [3.05, 3.63) is 66.0 Å². The molecule has 0 spiro atoms. The number of benzene rings is 2. The molecular formula is C17H18N4O2S. The topological polar surface area (TPSA) is 75.2 Å². The van der Waals surface area contributed by atoms with Crippen LogP contribution in [0.4, 0.5) is 0 Å². The van der Waals surface area contributed by atoms with Gasteiger partial charge in [0.2, 0.25) is 5.16 Å². The van der Waals surface area contributed by atoms with Gasteiger partial charge >= 0.3 is 0 Å². The Kier molecular flexibility index (Phi) is 5.22. The molecule has 0 atom stereocenters. The molecule has 0 unspecified atom stereocenters. The molecule has 2 N–H and O–H groups in total. The summed E-state index contributed by atoms with van der Waals surface area (Å²) >= 11 is 1.54. The van der Waals surface area contributed by atoms with Crippen LogP contribution < -0.4 is 15.3 Å². The minimum atomic E-state index is 0.239. The van der Waals surface area contributed by atoms with Gasteiger partial charge in [0.1, 0.15) is 18.1 Å². The predicted molar refractivity (Wildman–Crippen MR) is 93.5 cm³/mol. The summed E-state index contributed by atoms with van der Waals surface area (Å²) in [5.74, 6) is 8.83. The van der Waals surface area contributed by atoms with E-state index in [4.69, 9.17) is 15.3 Å². The maximum Gasteiger partial charge on any atom is 0.210 e. The summed E-state index contributed by atoms with van der Waals surface area (Å²) in [4.78, 5) is 0. The van der Waals surface area contributed by atoms with E-state index in [1.165, 1.54) is 22.0 Å². The van der Waals surface area contributed by atoms with Crippen molar-refractivity contribution in [2.75, 3.05) is 13.0 Å². The Bertz CT molecular complexity index is 792. The maximum atomic E-state index is 6.05.